The molecule has 0 saturated heterocycles. The van der Waals surface area contributed by atoms with Crippen LogP contribution >= 0.6 is 0 Å². The summed E-state index contributed by atoms with van der Waals surface area (Å²) in [7, 11) is 0. The number of amides is 2. The van der Waals surface area contributed by atoms with Crippen molar-refractivity contribution in [1.82, 2.24) is 15.6 Å². The van der Waals surface area contributed by atoms with E-state index in [2.05, 4.69) is 25.7 Å². The molecule has 1 unspecified atom stereocenters. The van der Waals surface area contributed by atoms with Crippen molar-refractivity contribution in [2.24, 2.45) is 0 Å². The van der Waals surface area contributed by atoms with Crippen molar-refractivity contribution in [3.8, 4) is 11.1 Å². The van der Waals surface area contributed by atoms with E-state index in [1.165, 1.54) is 0 Å². The Morgan fingerprint density at radius 1 is 0.881 bits per heavy atom. The van der Waals surface area contributed by atoms with Crippen molar-refractivity contribution in [2.75, 3.05) is 18.5 Å². The molecule has 2 atom stereocenters. The van der Waals surface area contributed by atoms with Gasteiger partial charge < -0.3 is 25.8 Å². The zero-order valence-electron chi connectivity index (χ0n) is 22.3. The highest BCUT2D eigenvalue weighted by molar-refractivity contribution is 5.90. The van der Waals surface area contributed by atoms with Gasteiger partial charge in [-0.15, -0.1) is 0 Å². The number of aliphatic hydroxyl groups is 1. The van der Waals surface area contributed by atoms with E-state index in [-0.39, 0.29) is 6.42 Å². The molecule has 1 aromatic heterocycles. The van der Waals surface area contributed by atoms with Gasteiger partial charge in [-0.1, -0.05) is 60.7 Å². The number of pyridine rings is 1. The summed E-state index contributed by atoms with van der Waals surface area (Å²) in [6.07, 6.45) is -4.20. The first kappa shape index (κ1) is 31.7. The number of anilines is 1. The number of carbonyl (C=O) groups is 4. The van der Waals surface area contributed by atoms with Gasteiger partial charge in [0.2, 0.25) is 11.8 Å². The van der Waals surface area contributed by atoms with Gasteiger partial charge >= 0.3 is 18.1 Å². The van der Waals surface area contributed by atoms with E-state index < -0.39 is 55.0 Å². The van der Waals surface area contributed by atoms with Crippen molar-refractivity contribution in [1.29, 1.82) is 0 Å². The Hall–Kier alpha value is -4.78. The summed E-state index contributed by atoms with van der Waals surface area (Å²) in [5, 5.41) is 17.6. The van der Waals surface area contributed by atoms with Gasteiger partial charge in [-0.3, -0.25) is 14.4 Å². The first-order valence-corrected chi connectivity index (χ1v) is 12.9. The van der Waals surface area contributed by atoms with Crippen molar-refractivity contribution in [2.45, 2.75) is 37.5 Å². The van der Waals surface area contributed by atoms with Crippen LogP contribution in [0.4, 0.5) is 19.0 Å². The molecule has 3 rings (SSSR count). The minimum atomic E-state index is -5.38. The molecule has 42 heavy (non-hydrogen) atoms. The Labute approximate surface area is 239 Å². The highest BCUT2D eigenvalue weighted by Crippen LogP contribution is 2.25. The molecule has 0 aliphatic heterocycles. The third-order valence-electron chi connectivity index (χ3n) is 5.93. The number of aromatic nitrogens is 1. The van der Waals surface area contributed by atoms with Gasteiger partial charge in [0.15, 0.2) is 0 Å². The maximum Gasteiger partial charge on any atom is 0.491 e. The molecule has 0 aliphatic carbocycles. The molecule has 0 saturated carbocycles. The predicted molar refractivity (Wildman–Crippen MR) is 146 cm³/mol. The largest absolute Gasteiger partial charge is 0.491 e. The van der Waals surface area contributed by atoms with Gasteiger partial charge in [-0.05, 0) is 35.2 Å². The van der Waals surface area contributed by atoms with Gasteiger partial charge in [0, 0.05) is 19.2 Å². The summed E-state index contributed by atoms with van der Waals surface area (Å²) in [5.74, 6) is -5.02. The molecule has 4 N–H and O–H groups in total. The van der Waals surface area contributed by atoms with Gasteiger partial charge in [0.1, 0.15) is 11.9 Å². The minimum Gasteiger partial charge on any atom is -0.394 e. The zero-order chi connectivity index (χ0) is 30.5. The molecule has 2 aromatic carbocycles. The number of hydrogen-bond donors (Lipinski definition) is 4. The maximum absolute atomic E-state index is 13.0. The van der Waals surface area contributed by atoms with Crippen molar-refractivity contribution in [3.63, 3.8) is 0 Å². The van der Waals surface area contributed by atoms with Crippen LogP contribution in [0.2, 0.25) is 0 Å². The maximum atomic E-state index is 13.0. The first-order valence-electron chi connectivity index (χ1n) is 12.9. The number of benzene rings is 2. The molecular weight excluding hydrogens is 557 g/mol. The Kier molecular flexibility index (Phi) is 11.6. The van der Waals surface area contributed by atoms with Crippen LogP contribution in [-0.4, -0.2) is 59.2 Å². The lowest BCUT2D eigenvalue weighted by molar-refractivity contribution is -0.202. The van der Waals surface area contributed by atoms with Crippen LogP contribution in [0.5, 0.6) is 0 Å². The van der Waals surface area contributed by atoms with Crippen LogP contribution in [0.3, 0.4) is 0 Å². The fourth-order valence-electron chi connectivity index (χ4n) is 3.83. The topological polar surface area (TPSA) is 147 Å². The molecule has 2 amide bonds. The predicted octanol–water partition coefficient (Wildman–Crippen LogP) is 3.30. The van der Waals surface area contributed by atoms with E-state index in [1.54, 1.807) is 48.7 Å². The average molecular weight is 587 g/mol. The molecule has 0 fully saturated rings. The fraction of sp³-hybridized carbons (Fsp3) is 0.276. The molecule has 10 nitrogen and oxygen atoms in total. The summed E-state index contributed by atoms with van der Waals surface area (Å²) >= 11 is 0. The highest BCUT2D eigenvalue weighted by atomic mass is 19.4. The van der Waals surface area contributed by atoms with Gasteiger partial charge in [-0.25, -0.2) is 9.78 Å². The van der Waals surface area contributed by atoms with E-state index in [4.69, 9.17) is 0 Å². The quantitative estimate of drug-likeness (QED) is 0.136. The molecular formula is C29H29F3N4O6. The van der Waals surface area contributed by atoms with Crippen LogP contribution in [0.25, 0.3) is 11.1 Å². The SMILES string of the molecule is O=C(CCCNc1ccccn1)N[C@@H](CO)C(=O)NC(CC(=O)OC(=O)C(F)(F)F)c1ccc(-c2ccccc2)cc1. The van der Waals surface area contributed by atoms with Crippen LogP contribution in [0.1, 0.15) is 30.9 Å². The van der Waals surface area contributed by atoms with Crippen molar-refractivity contribution >= 4 is 29.6 Å². The third kappa shape index (κ3) is 10.0. The Balaban J connectivity index is 1.65. The number of nitrogens with one attached hydrogen (secondary N) is 3. The molecule has 1 heterocycles. The van der Waals surface area contributed by atoms with Crippen molar-refractivity contribution in [3.05, 3.63) is 84.6 Å². The lowest BCUT2D eigenvalue weighted by Crippen LogP contribution is -2.50. The van der Waals surface area contributed by atoms with E-state index in [1.807, 2.05) is 30.3 Å². The summed E-state index contributed by atoms with van der Waals surface area (Å²) < 4.78 is 41.7. The fourth-order valence-corrected chi connectivity index (χ4v) is 3.83. The van der Waals surface area contributed by atoms with Gasteiger partial charge in [0.25, 0.3) is 0 Å². The lowest BCUT2D eigenvalue weighted by Gasteiger charge is -2.23. The molecule has 0 bridgehead atoms. The molecule has 13 heteroatoms. The number of hydrogen-bond acceptors (Lipinski definition) is 8. The Morgan fingerprint density at radius 2 is 1.55 bits per heavy atom. The number of nitrogens with zero attached hydrogens (tertiary/aromatic N) is 1. The second-order valence-corrected chi connectivity index (χ2v) is 9.06. The normalized spacial score (nSPS) is 12.5. The first-order chi connectivity index (χ1) is 20.1. The monoisotopic (exact) mass is 586 g/mol. The smallest absolute Gasteiger partial charge is 0.394 e. The molecule has 3 aromatic rings. The highest BCUT2D eigenvalue weighted by Gasteiger charge is 2.42. The van der Waals surface area contributed by atoms with E-state index >= 15 is 0 Å². The van der Waals surface area contributed by atoms with Crippen LogP contribution in [0, 0.1) is 0 Å². The van der Waals surface area contributed by atoms with Crippen LogP contribution in [0.15, 0.2) is 79.0 Å². The number of halogens is 3. The Morgan fingerprint density at radius 3 is 2.17 bits per heavy atom. The Bertz CT molecular complexity index is 1340. The minimum absolute atomic E-state index is 0.0138. The lowest BCUT2D eigenvalue weighted by atomic mass is 9.98. The number of ether oxygens (including phenoxy) is 1. The second-order valence-electron chi connectivity index (χ2n) is 9.06. The number of alkyl halides is 3. The van der Waals surface area contributed by atoms with E-state index in [0.29, 0.717) is 24.3 Å². The van der Waals surface area contributed by atoms with Crippen LogP contribution < -0.4 is 16.0 Å². The molecule has 222 valence electrons. The number of carbonyl (C=O) groups excluding carboxylic acids is 4. The van der Waals surface area contributed by atoms with Crippen LogP contribution in [-0.2, 0) is 23.9 Å². The van der Waals surface area contributed by atoms with Gasteiger partial charge in [0.05, 0.1) is 19.1 Å². The van der Waals surface area contributed by atoms with Gasteiger partial charge in [-0.2, -0.15) is 13.2 Å². The summed E-state index contributed by atoms with van der Waals surface area (Å²) in [4.78, 5) is 52.8. The molecule has 0 spiro atoms. The second kappa shape index (κ2) is 15.3. The number of esters is 2. The summed E-state index contributed by atoms with van der Waals surface area (Å²) in [5.41, 5.74) is 1.97. The molecule has 0 radical (unpaired) electrons. The zero-order valence-corrected chi connectivity index (χ0v) is 22.3. The third-order valence-corrected chi connectivity index (χ3v) is 5.93. The average Bonchev–Trinajstić information content (AvgIpc) is 2.98. The standard InChI is InChI=1S/C29H29F3N4O6/c30-29(31,32)28(41)42-26(39)17-22(21-13-11-20(12-14-21)19-7-2-1-3-8-19)36-27(40)23(18-37)35-25(38)10-6-16-34-24-9-4-5-15-33-24/h1-5,7-9,11-15,22-23,37H,6,10,16-18H2,(H,33,34)(H,35,38)(H,36,40)/t22?,23-/m0/s1. The summed E-state index contributed by atoms with van der Waals surface area (Å²) in [6.45, 7) is -0.374. The number of aliphatic hydroxyl groups excluding tert-OH is 1. The van der Waals surface area contributed by atoms with E-state index in [9.17, 15) is 37.5 Å². The van der Waals surface area contributed by atoms with E-state index in [0.717, 1.165) is 11.1 Å². The summed E-state index contributed by atoms with van der Waals surface area (Å²) in [6, 6.07) is 18.3. The number of rotatable bonds is 13. The molecule has 0 aliphatic rings. The van der Waals surface area contributed by atoms with Crippen molar-refractivity contribution < 1.29 is 42.2 Å².